The third-order valence-corrected chi connectivity index (χ3v) is 3.89. The molecule has 0 saturated heterocycles. The Morgan fingerprint density at radius 3 is 2.65 bits per heavy atom. The van der Waals surface area contributed by atoms with Gasteiger partial charge in [-0.1, -0.05) is 15.9 Å². The van der Waals surface area contributed by atoms with E-state index in [-0.39, 0.29) is 12.2 Å². The van der Waals surface area contributed by atoms with E-state index in [1.807, 2.05) is 12.1 Å². The number of benzene rings is 1. The predicted molar refractivity (Wildman–Crippen MR) is 74.5 cm³/mol. The van der Waals surface area contributed by atoms with Crippen LogP contribution < -0.4 is 5.32 Å². The van der Waals surface area contributed by atoms with E-state index in [4.69, 9.17) is 0 Å². The van der Waals surface area contributed by atoms with Gasteiger partial charge in [0.1, 0.15) is 11.2 Å². The number of hydrogen-bond donors (Lipinski definition) is 1. The first kappa shape index (κ1) is 14.2. The van der Waals surface area contributed by atoms with Crippen molar-refractivity contribution in [1.82, 2.24) is 0 Å². The number of nitrogens with zero attached hydrogens (tertiary/aromatic N) is 2. The van der Waals surface area contributed by atoms with Gasteiger partial charge in [-0.2, -0.15) is 10.5 Å². The highest BCUT2D eigenvalue weighted by molar-refractivity contribution is 9.10. The van der Waals surface area contributed by atoms with Gasteiger partial charge in [0.25, 0.3) is 0 Å². The first-order chi connectivity index (χ1) is 9.45. The summed E-state index contributed by atoms with van der Waals surface area (Å²) in [6.45, 7) is 1.34. The molecule has 6 heteroatoms. The second kappa shape index (κ2) is 5.07. The Balaban J connectivity index is 2.73. The number of ketones is 1. The molecule has 0 radical (unpaired) electrons. The topological polar surface area (TPSA) is 93.8 Å². The summed E-state index contributed by atoms with van der Waals surface area (Å²) in [5.74, 6) is -1.95. The molecule has 5 nitrogen and oxygen atoms in total. The number of fused-ring (bicyclic) bond motifs is 1. The Hall–Kier alpha value is -2.18. The number of nitrogens with one attached hydrogen (secondary N) is 1. The lowest BCUT2D eigenvalue weighted by atomic mass is 9.69. The summed E-state index contributed by atoms with van der Waals surface area (Å²) in [4.78, 5) is 23.9. The molecule has 1 aromatic carbocycles. The summed E-state index contributed by atoms with van der Waals surface area (Å²) in [7, 11) is 0. The van der Waals surface area contributed by atoms with Crippen LogP contribution in [-0.4, -0.2) is 11.7 Å². The second-order valence-electron chi connectivity index (χ2n) is 4.69. The number of carbonyl (C=O) groups excluding carboxylic acids is 2. The van der Waals surface area contributed by atoms with Crippen LogP contribution in [0, 0.1) is 28.6 Å². The minimum Gasteiger partial charge on any atom is -0.325 e. The van der Waals surface area contributed by atoms with Gasteiger partial charge in [0.15, 0.2) is 5.92 Å². The van der Waals surface area contributed by atoms with Crippen molar-refractivity contribution in [2.24, 2.45) is 5.92 Å². The van der Waals surface area contributed by atoms with Crippen molar-refractivity contribution in [3.05, 3.63) is 28.2 Å². The summed E-state index contributed by atoms with van der Waals surface area (Å²) in [5.41, 5.74) is -0.385. The maximum absolute atomic E-state index is 12.4. The molecule has 1 unspecified atom stereocenters. The van der Waals surface area contributed by atoms with Crippen LogP contribution in [0.3, 0.4) is 0 Å². The smallest absolute Gasteiger partial charge is 0.238 e. The van der Waals surface area contributed by atoms with Crippen molar-refractivity contribution in [2.75, 3.05) is 5.32 Å². The molecule has 1 amide bonds. The van der Waals surface area contributed by atoms with Gasteiger partial charge in [-0.15, -0.1) is 0 Å². The Morgan fingerprint density at radius 2 is 2.10 bits per heavy atom. The Kier molecular flexibility index (Phi) is 3.61. The summed E-state index contributed by atoms with van der Waals surface area (Å²) >= 11 is 3.31. The number of hydrogen-bond acceptors (Lipinski definition) is 4. The van der Waals surface area contributed by atoms with E-state index in [1.54, 1.807) is 18.2 Å². The van der Waals surface area contributed by atoms with Crippen molar-refractivity contribution in [3.8, 4) is 12.1 Å². The van der Waals surface area contributed by atoms with Crippen LogP contribution in [0.5, 0.6) is 0 Å². The van der Waals surface area contributed by atoms with Crippen molar-refractivity contribution in [2.45, 2.75) is 18.8 Å². The van der Waals surface area contributed by atoms with Gasteiger partial charge >= 0.3 is 0 Å². The van der Waals surface area contributed by atoms with Crippen LogP contribution in [0.4, 0.5) is 5.69 Å². The highest BCUT2D eigenvalue weighted by Crippen LogP contribution is 2.46. The number of amides is 1. The van der Waals surface area contributed by atoms with Crippen LogP contribution in [0.15, 0.2) is 22.7 Å². The van der Waals surface area contributed by atoms with Crippen LogP contribution >= 0.6 is 15.9 Å². The SMILES string of the molecule is CC(=O)CC1(C(C#N)C#N)C(=O)Nc2ccc(Br)cc21. The van der Waals surface area contributed by atoms with Crippen molar-refractivity contribution in [1.29, 1.82) is 10.5 Å². The highest BCUT2D eigenvalue weighted by Gasteiger charge is 2.54. The lowest BCUT2D eigenvalue weighted by Crippen LogP contribution is -2.42. The van der Waals surface area contributed by atoms with Crippen LogP contribution in [0.1, 0.15) is 18.9 Å². The molecule has 1 aromatic rings. The van der Waals surface area contributed by atoms with Gasteiger partial charge in [-0.3, -0.25) is 9.59 Å². The zero-order valence-electron chi connectivity index (χ0n) is 10.6. The first-order valence-corrected chi connectivity index (χ1v) is 6.65. The molecular weight excluding hydrogens is 322 g/mol. The molecule has 0 spiro atoms. The lowest BCUT2D eigenvalue weighted by Gasteiger charge is -2.27. The molecular formula is C14H10BrN3O2. The Labute approximate surface area is 124 Å². The van der Waals surface area contributed by atoms with Crippen molar-refractivity contribution >= 4 is 33.3 Å². The molecule has 0 saturated carbocycles. The number of carbonyl (C=O) groups is 2. The molecule has 100 valence electrons. The van der Waals surface area contributed by atoms with Crippen molar-refractivity contribution < 1.29 is 9.59 Å². The largest absolute Gasteiger partial charge is 0.325 e. The van der Waals surface area contributed by atoms with Gasteiger partial charge in [-0.05, 0) is 30.7 Å². The summed E-state index contributed by atoms with van der Waals surface area (Å²) in [6, 6.07) is 8.79. The predicted octanol–water partition coefficient (Wildman–Crippen LogP) is 2.28. The second-order valence-corrected chi connectivity index (χ2v) is 5.60. The van der Waals surface area contributed by atoms with E-state index >= 15 is 0 Å². The fraction of sp³-hybridized carbons (Fsp3) is 0.286. The number of rotatable bonds is 3. The lowest BCUT2D eigenvalue weighted by molar-refractivity contribution is -0.127. The number of nitriles is 2. The van der Waals surface area contributed by atoms with Gasteiger partial charge in [0.2, 0.25) is 5.91 Å². The van der Waals surface area contributed by atoms with Crippen LogP contribution in [-0.2, 0) is 15.0 Å². The number of Topliss-reactive ketones (excluding diaryl/α,β-unsaturated/α-hetero) is 1. The zero-order valence-corrected chi connectivity index (χ0v) is 12.2. The van der Waals surface area contributed by atoms with E-state index in [1.165, 1.54) is 6.92 Å². The molecule has 0 bridgehead atoms. The quantitative estimate of drug-likeness (QED) is 0.919. The van der Waals surface area contributed by atoms with Crippen molar-refractivity contribution in [3.63, 3.8) is 0 Å². The number of anilines is 1. The molecule has 20 heavy (non-hydrogen) atoms. The maximum atomic E-state index is 12.4. The van der Waals surface area contributed by atoms with E-state index in [0.29, 0.717) is 11.3 Å². The molecule has 1 heterocycles. The molecule has 0 aromatic heterocycles. The molecule has 0 fully saturated rings. The summed E-state index contributed by atoms with van der Waals surface area (Å²) in [5, 5.41) is 21.1. The zero-order chi connectivity index (χ0) is 14.9. The maximum Gasteiger partial charge on any atom is 0.238 e. The molecule has 1 atom stereocenters. The van der Waals surface area contributed by atoms with Gasteiger partial charge in [-0.25, -0.2) is 0 Å². The summed E-state index contributed by atoms with van der Waals surface area (Å²) < 4.78 is 0.718. The van der Waals surface area contributed by atoms with Crippen LogP contribution in [0.2, 0.25) is 0 Å². The molecule has 1 aliphatic heterocycles. The van der Waals surface area contributed by atoms with E-state index < -0.39 is 17.2 Å². The monoisotopic (exact) mass is 331 g/mol. The average molecular weight is 332 g/mol. The van der Waals surface area contributed by atoms with Gasteiger partial charge in [0.05, 0.1) is 12.1 Å². The third kappa shape index (κ3) is 1.99. The van der Waals surface area contributed by atoms with Gasteiger partial charge in [0, 0.05) is 16.6 Å². The minimum atomic E-state index is -1.44. The standard InChI is InChI=1S/C14H10BrN3O2/c1-8(19)5-14(9(6-16)7-17)11-4-10(15)2-3-12(11)18-13(14)20/h2-4,9H,5H2,1H3,(H,18,20). The van der Waals surface area contributed by atoms with Gasteiger partial charge < -0.3 is 5.32 Å². The normalized spacial score (nSPS) is 19.9. The first-order valence-electron chi connectivity index (χ1n) is 5.86. The van der Waals surface area contributed by atoms with Crippen LogP contribution in [0.25, 0.3) is 0 Å². The van der Waals surface area contributed by atoms with E-state index in [9.17, 15) is 20.1 Å². The van der Waals surface area contributed by atoms with E-state index in [2.05, 4.69) is 21.2 Å². The minimum absolute atomic E-state index is 0.173. The number of halogens is 1. The highest BCUT2D eigenvalue weighted by atomic mass is 79.9. The fourth-order valence-corrected chi connectivity index (χ4v) is 2.92. The van der Waals surface area contributed by atoms with E-state index in [0.717, 1.165) is 4.47 Å². The average Bonchev–Trinajstić information content (AvgIpc) is 2.64. The fourth-order valence-electron chi connectivity index (χ4n) is 2.56. The third-order valence-electron chi connectivity index (χ3n) is 3.39. The molecule has 1 aliphatic rings. The molecule has 2 rings (SSSR count). The Morgan fingerprint density at radius 1 is 1.45 bits per heavy atom. The molecule has 0 aliphatic carbocycles. The molecule has 1 N–H and O–H groups in total. The summed E-state index contributed by atoms with van der Waals surface area (Å²) in [6.07, 6.45) is -0.173. The Bertz CT molecular complexity index is 673.